The highest BCUT2D eigenvalue weighted by Gasteiger charge is 1.97. The highest BCUT2D eigenvalue weighted by atomic mass is 79.9. The molecule has 1 N–H and O–H groups in total. The minimum absolute atomic E-state index is 1.16. The Hall–Kier alpha value is -0.500. The Morgan fingerprint density at radius 3 is 2.50 bits per heavy atom. The van der Waals surface area contributed by atoms with Crippen LogP contribution in [0.15, 0.2) is 22.7 Å². The van der Waals surface area contributed by atoms with Gasteiger partial charge >= 0.3 is 0 Å². The van der Waals surface area contributed by atoms with Crippen LogP contribution in [0, 0.1) is 0 Å². The third-order valence-corrected chi connectivity index (χ3v) is 1.90. The minimum Gasteiger partial charge on any atom is -0.355 e. The van der Waals surface area contributed by atoms with Gasteiger partial charge in [-0.2, -0.15) is 0 Å². The Labute approximate surface area is 55.2 Å². The van der Waals surface area contributed by atoms with E-state index in [9.17, 15) is 0 Å². The van der Waals surface area contributed by atoms with Crippen molar-refractivity contribution in [2.75, 3.05) is 0 Å². The molecule has 0 aliphatic rings. The highest BCUT2D eigenvalue weighted by Crippen LogP contribution is 2.22. The molecular formula is C6H4BrN. The van der Waals surface area contributed by atoms with Crippen molar-refractivity contribution in [3.63, 3.8) is 0 Å². The second-order valence-corrected chi connectivity index (χ2v) is 2.67. The van der Waals surface area contributed by atoms with Gasteiger partial charge in [-0.1, -0.05) is 0 Å². The first-order valence-corrected chi connectivity index (χ1v) is 3.22. The fourth-order valence-electron chi connectivity index (χ4n) is 0.850. The lowest BCUT2D eigenvalue weighted by atomic mass is 10.4. The minimum atomic E-state index is 1.16. The Morgan fingerprint density at radius 2 is 2.25 bits per heavy atom. The molecule has 2 heteroatoms. The van der Waals surface area contributed by atoms with Crippen LogP contribution in [-0.2, 0) is 0 Å². The lowest BCUT2D eigenvalue weighted by Gasteiger charge is -1.76. The van der Waals surface area contributed by atoms with Gasteiger partial charge in [0.1, 0.15) is 0 Å². The SMILES string of the molecule is Brc1cc2ccc1[nH]2. The summed E-state index contributed by atoms with van der Waals surface area (Å²) in [6.45, 7) is 0. The number of hydrogen-bond acceptors (Lipinski definition) is 0. The van der Waals surface area contributed by atoms with Crippen molar-refractivity contribution in [2.24, 2.45) is 0 Å². The standard InChI is InChI=1S/C6H4BrN/c7-5-3-4-1-2-6(5)8-4/h1-3,8H. The van der Waals surface area contributed by atoms with Crippen molar-refractivity contribution in [1.29, 1.82) is 0 Å². The third kappa shape index (κ3) is 0.409. The molecule has 2 heterocycles. The van der Waals surface area contributed by atoms with E-state index in [-0.39, 0.29) is 0 Å². The first-order chi connectivity index (χ1) is 3.86. The number of rotatable bonds is 0. The number of aromatic amines is 1. The number of hydrogen-bond donors (Lipinski definition) is 1. The van der Waals surface area contributed by atoms with Crippen LogP contribution >= 0.6 is 15.9 Å². The predicted octanol–water partition coefficient (Wildman–Crippen LogP) is 2.37. The van der Waals surface area contributed by atoms with Gasteiger partial charge in [-0.3, -0.25) is 0 Å². The Kier molecular flexibility index (Phi) is 0.690. The number of nitrogens with one attached hydrogen (secondary N) is 1. The summed E-state index contributed by atoms with van der Waals surface area (Å²) < 4.78 is 1.16. The molecule has 2 aromatic rings. The average Bonchev–Trinajstić information content (AvgIpc) is 2.23. The van der Waals surface area contributed by atoms with Gasteiger partial charge in [-0.15, -0.1) is 0 Å². The van der Waals surface area contributed by atoms with Crippen molar-refractivity contribution < 1.29 is 0 Å². The molecule has 0 aromatic carbocycles. The molecule has 8 heavy (non-hydrogen) atoms. The van der Waals surface area contributed by atoms with Gasteiger partial charge in [0.25, 0.3) is 0 Å². The monoisotopic (exact) mass is 169 g/mol. The summed E-state index contributed by atoms with van der Waals surface area (Å²) in [5.41, 5.74) is 2.37. The highest BCUT2D eigenvalue weighted by molar-refractivity contribution is 9.10. The number of H-pyrrole nitrogens is 1. The van der Waals surface area contributed by atoms with Gasteiger partial charge in [-0.05, 0) is 34.1 Å². The van der Waals surface area contributed by atoms with E-state index in [4.69, 9.17) is 0 Å². The zero-order valence-electron chi connectivity index (χ0n) is 4.11. The van der Waals surface area contributed by atoms with Gasteiger partial charge in [-0.25, -0.2) is 0 Å². The quantitative estimate of drug-likeness (QED) is 0.624. The molecule has 40 valence electrons. The van der Waals surface area contributed by atoms with E-state index in [0.29, 0.717) is 0 Å². The maximum Gasteiger partial charge on any atom is 0.0530 e. The first kappa shape index (κ1) is 4.39. The van der Waals surface area contributed by atoms with Crippen LogP contribution in [0.1, 0.15) is 0 Å². The van der Waals surface area contributed by atoms with E-state index >= 15 is 0 Å². The largest absolute Gasteiger partial charge is 0.355 e. The molecule has 0 spiro atoms. The topological polar surface area (TPSA) is 15.8 Å². The molecule has 0 fully saturated rings. The number of aromatic nitrogens is 1. The summed E-state index contributed by atoms with van der Waals surface area (Å²) in [7, 11) is 0. The van der Waals surface area contributed by atoms with Gasteiger partial charge in [0.15, 0.2) is 0 Å². The van der Waals surface area contributed by atoms with Crippen LogP contribution < -0.4 is 0 Å². The van der Waals surface area contributed by atoms with Gasteiger partial charge in [0.2, 0.25) is 0 Å². The van der Waals surface area contributed by atoms with Crippen molar-refractivity contribution in [2.45, 2.75) is 0 Å². The van der Waals surface area contributed by atoms with E-state index in [1.165, 1.54) is 11.0 Å². The summed E-state index contributed by atoms with van der Waals surface area (Å²) in [6.07, 6.45) is 0. The maximum atomic E-state index is 3.38. The molecule has 0 amide bonds. The Morgan fingerprint density at radius 1 is 1.38 bits per heavy atom. The number of fused-ring (bicyclic) bond motifs is 2. The van der Waals surface area contributed by atoms with Crippen LogP contribution in [0.3, 0.4) is 0 Å². The second-order valence-electron chi connectivity index (χ2n) is 1.82. The molecule has 2 rings (SSSR count). The summed E-state index contributed by atoms with van der Waals surface area (Å²) in [4.78, 5) is 3.16. The molecule has 1 nitrogen and oxygen atoms in total. The van der Waals surface area contributed by atoms with Crippen LogP contribution in [-0.4, -0.2) is 4.98 Å². The lowest BCUT2D eigenvalue weighted by Crippen LogP contribution is -1.53. The fraction of sp³-hybridized carbons (Fsp3) is 0. The van der Waals surface area contributed by atoms with Crippen molar-refractivity contribution >= 4 is 27.0 Å². The zero-order chi connectivity index (χ0) is 5.56. The summed E-state index contributed by atoms with van der Waals surface area (Å²) in [5, 5.41) is 0. The van der Waals surface area contributed by atoms with Crippen LogP contribution in [0.5, 0.6) is 0 Å². The molecule has 2 aromatic heterocycles. The zero-order valence-corrected chi connectivity index (χ0v) is 5.70. The van der Waals surface area contributed by atoms with Crippen LogP contribution in [0.4, 0.5) is 0 Å². The number of halogens is 1. The number of benzene rings is 1. The molecule has 0 aliphatic heterocycles. The Bertz CT molecular complexity index is 286. The normalized spacial score (nSPS) is 11.1. The summed E-state index contributed by atoms with van der Waals surface area (Å²) in [6, 6.07) is 6.18. The van der Waals surface area contributed by atoms with Crippen LogP contribution in [0.25, 0.3) is 11.0 Å². The van der Waals surface area contributed by atoms with Crippen molar-refractivity contribution in [3.05, 3.63) is 22.7 Å². The van der Waals surface area contributed by atoms with Gasteiger partial charge < -0.3 is 4.98 Å². The second kappa shape index (κ2) is 1.26. The smallest absolute Gasteiger partial charge is 0.0530 e. The van der Waals surface area contributed by atoms with Gasteiger partial charge in [0.05, 0.1) is 5.52 Å². The predicted molar refractivity (Wildman–Crippen MR) is 37.2 cm³/mol. The maximum absolute atomic E-state index is 3.38. The summed E-state index contributed by atoms with van der Waals surface area (Å²) >= 11 is 3.38. The van der Waals surface area contributed by atoms with Crippen molar-refractivity contribution in [1.82, 2.24) is 4.98 Å². The molecule has 0 saturated carbocycles. The fourth-order valence-corrected chi connectivity index (χ4v) is 1.33. The van der Waals surface area contributed by atoms with Gasteiger partial charge in [0, 0.05) is 9.99 Å². The van der Waals surface area contributed by atoms with Crippen LogP contribution in [0.2, 0.25) is 0 Å². The first-order valence-electron chi connectivity index (χ1n) is 2.43. The average molecular weight is 170 g/mol. The molecule has 2 bridgehead atoms. The lowest BCUT2D eigenvalue weighted by molar-refractivity contribution is 1.60. The van der Waals surface area contributed by atoms with E-state index in [1.54, 1.807) is 0 Å². The molecular weight excluding hydrogens is 166 g/mol. The molecule has 0 atom stereocenters. The summed E-state index contributed by atoms with van der Waals surface area (Å²) in [5.74, 6) is 0. The van der Waals surface area contributed by atoms with E-state index in [1.807, 2.05) is 0 Å². The molecule has 0 aliphatic carbocycles. The molecule has 0 radical (unpaired) electrons. The molecule has 0 unspecified atom stereocenters. The van der Waals surface area contributed by atoms with E-state index < -0.39 is 0 Å². The van der Waals surface area contributed by atoms with E-state index in [0.717, 1.165) is 4.47 Å². The van der Waals surface area contributed by atoms with Crippen molar-refractivity contribution in [3.8, 4) is 0 Å². The molecule has 0 saturated heterocycles. The van der Waals surface area contributed by atoms with E-state index in [2.05, 4.69) is 39.1 Å². The third-order valence-electron chi connectivity index (χ3n) is 1.25. The Balaban J connectivity index is 3.02.